The predicted octanol–water partition coefficient (Wildman–Crippen LogP) is 6.75. The summed E-state index contributed by atoms with van der Waals surface area (Å²) < 4.78 is 34.5. The van der Waals surface area contributed by atoms with Crippen molar-refractivity contribution in [3.63, 3.8) is 0 Å². The largest absolute Gasteiger partial charge is 0.497 e. The number of amides is 2. The molecule has 0 saturated carbocycles. The van der Waals surface area contributed by atoms with Gasteiger partial charge in [0.2, 0.25) is 11.8 Å². The molecule has 242 valence electrons. The number of nitrogens with zero attached hydrogens (tertiary/aromatic N) is 2. The lowest BCUT2D eigenvalue weighted by molar-refractivity contribution is -0.140. The molecule has 4 rings (SSSR count). The Balaban J connectivity index is 1.80. The summed E-state index contributed by atoms with van der Waals surface area (Å²) in [4.78, 5) is 29.8. The van der Waals surface area contributed by atoms with E-state index in [-0.39, 0.29) is 35.5 Å². The van der Waals surface area contributed by atoms with E-state index in [4.69, 9.17) is 27.9 Å². The molecular formula is C35H37Cl2N3O5S. The number of methoxy groups -OCH3 is 1. The van der Waals surface area contributed by atoms with Crippen LogP contribution in [0.25, 0.3) is 0 Å². The van der Waals surface area contributed by atoms with Crippen LogP contribution in [-0.4, -0.2) is 50.9 Å². The predicted molar refractivity (Wildman–Crippen MR) is 183 cm³/mol. The molecule has 0 heterocycles. The fraction of sp³-hybridized carbons (Fsp3) is 0.257. The molecule has 0 radical (unpaired) electrons. The van der Waals surface area contributed by atoms with Crippen LogP contribution in [0.3, 0.4) is 0 Å². The lowest BCUT2D eigenvalue weighted by Gasteiger charge is -2.34. The van der Waals surface area contributed by atoms with Gasteiger partial charge in [0, 0.05) is 29.1 Å². The number of benzene rings is 4. The maximum atomic E-state index is 14.5. The molecule has 0 aliphatic carbocycles. The summed E-state index contributed by atoms with van der Waals surface area (Å²) in [6.45, 7) is 3.30. The van der Waals surface area contributed by atoms with E-state index in [0.717, 1.165) is 15.4 Å². The van der Waals surface area contributed by atoms with Gasteiger partial charge in [-0.25, -0.2) is 8.42 Å². The van der Waals surface area contributed by atoms with Crippen molar-refractivity contribution in [3.05, 3.63) is 124 Å². The summed E-state index contributed by atoms with van der Waals surface area (Å²) in [5, 5.41) is 3.85. The first-order valence-electron chi connectivity index (χ1n) is 14.8. The molecule has 1 N–H and O–H groups in total. The van der Waals surface area contributed by atoms with Crippen molar-refractivity contribution in [1.29, 1.82) is 0 Å². The van der Waals surface area contributed by atoms with Gasteiger partial charge in [-0.3, -0.25) is 13.9 Å². The summed E-state index contributed by atoms with van der Waals surface area (Å²) in [5.41, 5.74) is 1.77. The zero-order chi connectivity index (χ0) is 33.3. The highest BCUT2D eigenvalue weighted by molar-refractivity contribution is 7.92. The number of carbonyl (C=O) groups excluding carboxylic acids is 2. The average molecular weight is 683 g/mol. The molecule has 0 aliphatic heterocycles. The molecule has 8 nitrogen and oxygen atoms in total. The number of rotatable bonds is 14. The van der Waals surface area contributed by atoms with Crippen molar-refractivity contribution < 1.29 is 22.7 Å². The topological polar surface area (TPSA) is 96.0 Å². The lowest BCUT2D eigenvalue weighted by Crippen LogP contribution is -2.54. The zero-order valence-electron chi connectivity index (χ0n) is 25.9. The Morgan fingerprint density at radius 2 is 1.52 bits per heavy atom. The molecule has 0 spiro atoms. The summed E-state index contributed by atoms with van der Waals surface area (Å²) in [5.74, 6) is -0.436. The average Bonchev–Trinajstić information content (AvgIpc) is 3.06. The molecule has 4 aromatic rings. The van der Waals surface area contributed by atoms with Crippen LogP contribution in [0.5, 0.6) is 5.75 Å². The van der Waals surface area contributed by atoms with E-state index in [1.807, 2.05) is 44.2 Å². The Morgan fingerprint density at radius 1 is 0.848 bits per heavy atom. The monoisotopic (exact) mass is 681 g/mol. The second-order valence-electron chi connectivity index (χ2n) is 10.8. The van der Waals surface area contributed by atoms with Crippen molar-refractivity contribution in [2.24, 2.45) is 0 Å². The first-order chi connectivity index (χ1) is 22.0. The van der Waals surface area contributed by atoms with Gasteiger partial charge >= 0.3 is 0 Å². The molecule has 0 fully saturated rings. The third-order valence-electron chi connectivity index (χ3n) is 7.56. The summed E-state index contributed by atoms with van der Waals surface area (Å²) in [6.07, 6.45) is 0.905. The first-order valence-corrected chi connectivity index (χ1v) is 17.0. The third-order valence-corrected chi connectivity index (χ3v) is 9.84. The van der Waals surface area contributed by atoms with Gasteiger partial charge in [0.15, 0.2) is 0 Å². The number of hydrogen-bond acceptors (Lipinski definition) is 5. The fourth-order valence-corrected chi connectivity index (χ4v) is 6.53. The molecule has 0 aromatic heterocycles. The summed E-state index contributed by atoms with van der Waals surface area (Å²) in [6, 6.07) is 27.4. The molecule has 2 atom stereocenters. The van der Waals surface area contributed by atoms with Crippen molar-refractivity contribution in [3.8, 4) is 5.75 Å². The maximum absolute atomic E-state index is 14.5. The van der Waals surface area contributed by atoms with Crippen LogP contribution < -0.4 is 14.4 Å². The van der Waals surface area contributed by atoms with Crippen LogP contribution in [0.2, 0.25) is 10.0 Å². The van der Waals surface area contributed by atoms with E-state index in [0.29, 0.717) is 22.2 Å². The Morgan fingerprint density at radius 3 is 2.13 bits per heavy atom. The Hall–Kier alpha value is -4.05. The molecule has 11 heteroatoms. The number of ether oxygens (including phenoxy) is 1. The normalized spacial score (nSPS) is 12.5. The highest BCUT2D eigenvalue weighted by Gasteiger charge is 2.35. The van der Waals surface area contributed by atoms with Crippen LogP contribution in [-0.2, 0) is 32.6 Å². The van der Waals surface area contributed by atoms with E-state index in [1.54, 1.807) is 42.5 Å². The molecule has 46 heavy (non-hydrogen) atoms. The number of halogens is 2. The lowest BCUT2D eigenvalue weighted by atomic mass is 10.0. The zero-order valence-corrected chi connectivity index (χ0v) is 28.2. The van der Waals surface area contributed by atoms with Crippen LogP contribution >= 0.6 is 23.2 Å². The van der Waals surface area contributed by atoms with Crippen LogP contribution in [0.1, 0.15) is 31.4 Å². The van der Waals surface area contributed by atoms with Gasteiger partial charge in [0.25, 0.3) is 10.0 Å². The van der Waals surface area contributed by atoms with Gasteiger partial charge in [-0.1, -0.05) is 78.7 Å². The van der Waals surface area contributed by atoms with Gasteiger partial charge in [-0.2, -0.15) is 0 Å². The van der Waals surface area contributed by atoms with E-state index >= 15 is 0 Å². The van der Waals surface area contributed by atoms with Crippen LogP contribution in [0.15, 0.2) is 108 Å². The fourth-order valence-electron chi connectivity index (χ4n) is 4.82. The van der Waals surface area contributed by atoms with Crippen molar-refractivity contribution in [2.75, 3.05) is 18.0 Å². The summed E-state index contributed by atoms with van der Waals surface area (Å²) in [7, 11) is -2.79. The van der Waals surface area contributed by atoms with Gasteiger partial charge in [0.1, 0.15) is 18.3 Å². The number of sulfonamides is 1. The second kappa shape index (κ2) is 16.0. The minimum Gasteiger partial charge on any atom is -0.497 e. The molecular weight excluding hydrogens is 645 g/mol. The number of carbonyl (C=O) groups is 2. The maximum Gasteiger partial charge on any atom is 0.264 e. The third kappa shape index (κ3) is 9.02. The Kier molecular flexibility index (Phi) is 12.1. The molecule has 0 aliphatic rings. The second-order valence-corrected chi connectivity index (χ2v) is 13.6. The quantitative estimate of drug-likeness (QED) is 0.159. The molecule has 0 bridgehead atoms. The number of anilines is 1. The number of nitrogens with one attached hydrogen (secondary N) is 1. The molecule has 2 amide bonds. The van der Waals surface area contributed by atoms with E-state index in [9.17, 15) is 18.0 Å². The first kappa shape index (κ1) is 34.8. The smallest absolute Gasteiger partial charge is 0.264 e. The van der Waals surface area contributed by atoms with Gasteiger partial charge in [0.05, 0.1) is 17.7 Å². The molecule has 0 saturated heterocycles. The van der Waals surface area contributed by atoms with Crippen molar-refractivity contribution >= 4 is 50.7 Å². The van der Waals surface area contributed by atoms with E-state index in [2.05, 4.69) is 5.32 Å². The van der Waals surface area contributed by atoms with Crippen molar-refractivity contribution in [2.45, 2.75) is 50.2 Å². The Bertz CT molecular complexity index is 1720. The minimum absolute atomic E-state index is 0.0351. The highest BCUT2D eigenvalue weighted by atomic mass is 35.5. The van der Waals surface area contributed by atoms with E-state index in [1.165, 1.54) is 42.3 Å². The SMILES string of the molecule is CCC(C)NC(=O)C(Cc1ccccc1)N(Cc1ccc(Cl)cc1)C(=O)CN(c1cccc(Cl)c1)S(=O)(=O)c1ccc(OC)cc1. The Labute approximate surface area is 280 Å². The van der Waals surface area contributed by atoms with E-state index < -0.39 is 28.5 Å². The molecule has 2 unspecified atom stereocenters. The minimum atomic E-state index is -4.28. The molecule has 4 aromatic carbocycles. The van der Waals surface area contributed by atoms with Crippen LogP contribution in [0, 0.1) is 0 Å². The summed E-state index contributed by atoms with van der Waals surface area (Å²) >= 11 is 12.4. The van der Waals surface area contributed by atoms with Gasteiger partial charge < -0.3 is 15.0 Å². The van der Waals surface area contributed by atoms with Crippen molar-refractivity contribution in [1.82, 2.24) is 10.2 Å². The number of hydrogen-bond donors (Lipinski definition) is 1. The van der Waals surface area contributed by atoms with Gasteiger partial charge in [-0.15, -0.1) is 0 Å². The van der Waals surface area contributed by atoms with Gasteiger partial charge in [-0.05, 0) is 79.1 Å². The van der Waals surface area contributed by atoms with Crippen LogP contribution in [0.4, 0.5) is 5.69 Å². The highest BCUT2D eigenvalue weighted by Crippen LogP contribution is 2.28. The standard InChI is InChI=1S/C35H37Cl2N3O5S/c1-4-25(2)38-35(42)33(21-26-9-6-5-7-10-26)39(23-27-13-15-28(36)16-14-27)34(41)24-40(30-12-8-11-29(37)22-30)46(43,44)32-19-17-31(45-3)18-20-32/h5-20,22,25,33H,4,21,23-24H2,1-3H3,(H,38,42).